The Balaban J connectivity index is 1.89. The maximum Gasteiger partial charge on any atom is 0.119 e. The Morgan fingerprint density at radius 2 is 1.40 bits per heavy atom. The Hall–Kier alpha value is -2.92. The van der Waals surface area contributed by atoms with Gasteiger partial charge in [-0.25, -0.2) is 5.43 Å². The highest BCUT2D eigenvalue weighted by Crippen LogP contribution is 2.34. The molecular weight excluding hydrogens is 370 g/mol. The monoisotopic (exact) mass is 401 g/mol. The van der Waals surface area contributed by atoms with Gasteiger partial charge in [-0.15, -0.1) is 0 Å². The molecule has 0 saturated heterocycles. The van der Waals surface area contributed by atoms with Crippen molar-refractivity contribution in [3.05, 3.63) is 102 Å². The predicted molar refractivity (Wildman–Crippen MR) is 126 cm³/mol. The first kappa shape index (κ1) is 21.8. The molecule has 0 atom stereocenters. The van der Waals surface area contributed by atoms with Crippen LogP contribution in [-0.4, -0.2) is 31.8 Å². The molecule has 0 radical (unpaired) electrons. The molecular formula is C26H31N3O. The van der Waals surface area contributed by atoms with E-state index in [9.17, 15) is 0 Å². The molecule has 30 heavy (non-hydrogen) atoms. The van der Waals surface area contributed by atoms with Crippen molar-refractivity contribution in [3.63, 3.8) is 0 Å². The third kappa shape index (κ3) is 5.80. The van der Waals surface area contributed by atoms with E-state index >= 15 is 0 Å². The largest absolute Gasteiger partial charge is 0.492 e. The van der Waals surface area contributed by atoms with Crippen LogP contribution >= 0.6 is 0 Å². The van der Waals surface area contributed by atoms with E-state index in [0.717, 1.165) is 18.7 Å². The van der Waals surface area contributed by atoms with Crippen LogP contribution in [0.1, 0.15) is 30.0 Å². The third-order valence-electron chi connectivity index (χ3n) is 5.09. The van der Waals surface area contributed by atoms with Crippen molar-refractivity contribution in [1.82, 2.24) is 10.3 Å². The highest BCUT2D eigenvalue weighted by molar-refractivity contribution is 5.98. The number of hydrogen-bond donors (Lipinski definition) is 2. The topological polar surface area (TPSA) is 50.5 Å². The maximum absolute atomic E-state index is 5.91. The lowest BCUT2D eigenvalue weighted by molar-refractivity contribution is 0.228. The Labute approximate surface area is 180 Å². The molecule has 0 saturated carbocycles. The second-order valence-corrected chi connectivity index (χ2v) is 7.25. The number of hydrogen-bond acceptors (Lipinski definition) is 4. The van der Waals surface area contributed by atoms with Crippen molar-refractivity contribution in [2.75, 3.05) is 26.9 Å². The number of nitrogens with zero attached hydrogens (tertiary/aromatic N) is 1. The molecule has 4 nitrogen and oxygen atoms in total. The fourth-order valence-corrected chi connectivity index (χ4v) is 3.56. The van der Waals surface area contributed by atoms with E-state index in [1.165, 1.54) is 27.8 Å². The van der Waals surface area contributed by atoms with Crippen LogP contribution in [0.5, 0.6) is 5.75 Å². The molecule has 156 valence electrons. The molecule has 0 aliphatic rings. The minimum atomic E-state index is 0.614. The second-order valence-electron chi connectivity index (χ2n) is 7.25. The van der Waals surface area contributed by atoms with Gasteiger partial charge in [-0.3, -0.25) is 10.7 Å². The molecule has 0 spiro atoms. The molecule has 3 aromatic carbocycles. The van der Waals surface area contributed by atoms with Crippen LogP contribution in [0.4, 0.5) is 0 Å². The summed E-state index contributed by atoms with van der Waals surface area (Å²) in [7, 11) is 2.00. The molecule has 0 unspecified atom stereocenters. The van der Waals surface area contributed by atoms with E-state index in [1.807, 2.05) is 7.05 Å². The zero-order chi connectivity index (χ0) is 21.2. The van der Waals surface area contributed by atoms with Crippen molar-refractivity contribution >= 4 is 11.1 Å². The molecule has 0 aromatic heterocycles. The lowest BCUT2D eigenvalue weighted by Gasteiger charge is -2.18. The number of rotatable bonds is 10. The van der Waals surface area contributed by atoms with Crippen molar-refractivity contribution in [2.45, 2.75) is 13.3 Å². The number of nitrogens with one attached hydrogen (secondary N) is 1. The Morgan fingerprint density at radius 1 is 0.833 bits per heavy atom. The fraction of sp³-hybridized carbons (Fsp3) is 0.231. The third-order valence-corrected chi connectivity index (χ3v) is 5.09. The second kappa shape index (κ2) is 11.3. The van der Waals surface area contributed by atoms with Gasteiger partial charge in [0.15, 0.2) is 0 Å². The molecule has 0 heterocycles. The molecule has 3 N–H and O–H groups in total. The Kier molecular flexibility index (Phi) is 8.21. The van der Waals surface area contributed by atoms with Crippen LogP contribution in [0.3, 0.4) is 0 Å². The molecule has 4 heteroatoms. The predicted octanol–water partition coefficient (Wildman–Crippen LogP) is 4.79. The van der Waals surface area contributed by atoms with Crippen LogP contribution in [-0.2, 0) is 0 Å². The molecule has 0 bridgehead atoms. The van der Waals surface area contributed by atoms with Crippen molar-refractivity contribution in [2.24, 2.45) is 5.84 Å². The highest BCUT2D eigenvalue weighted by atomic mass is 16.5. The Bertz CT molecular complexity index is 922. The van der Waals surface area contributed by atoms with E-state index in [4.69, 9.17) is 10.6 Å². The van der Waals surface area contributed by atoms with Gasteiger partial charge in [0, 0.05) is 6.54 Å². The van der Waals surface area contributed by atoms with Gasteiger partial charge in [-0.1, -0.05) is 79.7 Å². The number of nitrogens with two attached hydrogens (primary N) is 1. The number of ether oxygens (including phenoxy) is 1. The lowest BCUT2D eigenvalue weighted by atomic mass is 9.88. The first-order valence-electron chi connectivity index (χ1n) is 10.4. The fourth-order valence-electron chi connectivity index (χ4n) is 3.56. The van der Waals surface area contributed by atoms with Gasteiger partial charge in [0.05, 0.1) is 6.67 Å². The quantitative estimate of drug-likeness (QED) is 0.222. The van der Waals surface area contributed by atoms with Crippen molar-refractivity contribution in [3.8, 4) is 5.75 Å². The molecule has 0 aliphatic carbocycles. The molecule has 3 aromatic rings. The first-order chi connectivity index (χ1) is 14.7. The van der Waals surface area contributed by atoms with Crippen LogP contribution in [0.25, 0.3) is 11.1 Å². The van der Waals surface area contributed by atoms with Gasteiger partial charge in [0.25, 0.3) is 0 Å². The highest BCUT2D eigenvalue weighted by Gasteiger charge is 2.13. The summed E-state index contributed by atoms with van der Waals surface area (Å²) in [5, 5.41) is 0. The molecule has 0 amide bonds. The Morgan fingerprint density at radius 3 is 1.97 bits per heavy atom. The average Bonchev–Trinajstić information content (AvgIpc) is 2.79. The van der Waals surface area contributed by atoms with Crippen LogP contribution in [0.15, 0.2) is 84.9 Å². The van der Waals surface area contributed by atoms with Crippen LogP contribution in [0, 0.1) is 0 Å². The van der Waals surface area contributed by atoms with Crippen molar-refractivity contribution in [1.29, 1.82) is 0 Å². The lowest BCUT2D eigenvalue weighted by Crippen LogP contribution is -2.37. The number of allylic oxidation sites excluding steroid dienone is 1. The SMILES string of the molecule is CC/C(=C(\c1ccccc1)c1ccc(OCCN(C)CNN)cc1)c1ccccc1. The molecule has 0 aliphatic heterocycles. The van der Waals surface area contributed by atoms with E-state index in [1.54, 1.807) is 0 Å². The average molecular weight is 402 g/mol. The minimum absolute atomic E-state index is 0.614. The van der Waals surface area contributed by atoms with Gasteiger partial charge in [0.2, 0.25) is 0 Å². The van der Waals surface area contributed by atoms with Gasteiger partial charge in [-0.05, 0) is 53.4 Å². The maximum atomic E-state index is 5.91. The van der Waals surface area contributed by atoms with Crippen molar-refractivity contribution < 1.29 is 4.74 Å². The van der Waals surface area contributed by atoms with Gasteiger partial charge in [-0.2, -0.15) is 0 Å². The normalized spacial score (nSPS) is 12.0. The molecule has 0 fully saturated rings. The number of likely N-dealkylation sites (N-methyl/N-ethyl adjacent to an activating group) is 1. The summed E-state index contributed by atoms with van der Waals surface area (Å²) in [6.45, 7) is 4.26. The standard InChI is InChI=1S/C26H31N3O/c1-3-25(21-10-6-4-7-11-21)26(22-12-8-5-9-13-22)23-14-16-24(17-15-23)30-19-18-29(2)20-28-27/h4-17,28H,3,18-20,27H2,1-2H3/b26-25-. The zero-order valence-corrected chi connectivity index (χ0v) is 17.8. The van der Waals surface area contributed by atoms with E-state index in [0.29, 0.717) is 13.3 Å². The number of hydrazine groups is 1. The smallest absolute Gasteiger partial charge is 0.119 e. The van der Waals surface area contributed by atoms with Crippen LogP contribution in [0.2, 0.25) is 0 Å². The first-order valence-corrected chi connectivity index (χ1v) is 10.4. The summed E-state index contributed by atoms with van der Waals surface area (Å²) in [4.78, 5) is 2.07. The summed E-state index contributed by atoms with van der Waals surface area (Å²) < 4.78 is 5.91. The number of benzene rings is 3. The van der Waals surface area contributed by atoms with E-state index in [2.05, 4.69) is 102 Å². The van der Waals surface area contributed by atoms with Gasteiger partial charge >= 0.3 is 0 Å². The van der Waals surface area contributed by atoms with Crippen LogP contribution < -0.4 is 16.0 Å². The summed E-state index contributed by atoms with van der Waals surface area (Å²) in [5.41, 5.74) is 8.93. The van der Waals surface area contributed by atoms with Gasteiger partial charge in [0.1, 0.15) is 12.4 Å². The summed E-state index contributed by atoms with van der Waals surface area (Å²) in [5.74, 6) is 6.22. The van der Waals surface area contributed by atoms with Gasteiger partial charge < -0.3 is 4.74 Å². The summed E-state index contributed by atoms with van der Waals surface area (Å²) >= 11 is 0. The van der Waals surface area contributed by atoms with E-state index < -0.39 is 0 Å². The minimum Gasteiger partial charge on any atom is -0.492 e. The van der Waals surface area contributed by atoms with E-state index in [-0.39, 0.29) is 0 Å². The molecule has 3 rings (SSSR count). The summed E-state index contributed by atoms with van der Waals surface area (Å²) in [6, 6.07) is 29.7. The summed E-state index contributed by atoms with van der Waals surface area (Å²) in [6.07, 6.45) is 0.952. The zero-order valence-electron chi connectivity index (χ0n) is 17.8.